The number of hydrogen-bond acceptors (Lipinski definition) is 2. The van der Waals surface area contributed by atoms with Gasteiger partial charge in [-0.1, -0.05) is 12.7 Å². The van der Waals surface area contributed by atoms with Crippen molar-refractivity contribution in [1.82, 2.24) is 4.98 Å². The van der Waals surface area contributed by atoms with Gasteiger partial charge in [0.1, 0.15) is 11.8 Å². The fraction of sp³-hybridized carbons (Fsp3) is 0.0769. The highest BCUT2D eigenvalue weighted by atomic mass is 14.7. The van der Waals surface area contributed by atoms with E-state index in [1.807, 2.05) is 31.2 Å². The molecule has 80 valence electrons. The summed E-state index contributed by atoms with van der Waals surface area (Å²) >= 11 is 0. The van der Waals surface area contributed by atoms with Crippen molar-refractivity contribution in [3.8, 4) is 6.07 Å². The summed E-state index contributed by atoms with van der Waals surface area (Å²) in [7, 11) is 0. The molecule has 0 aliphatic heterocycles. The first-order valence-electron chi connectivity index (χ1n) is 4.88. The molecule has 0 saturated carbocycles. The molecule has 0 aromatic carbocycles. The molecule has 0 unspecified atom stereocenters. The molecule has 0 saturated heterocycles. The molecular weight excluding hydrogens is 198 g/mol. The van der Waals surface area contributed by atoms with Crippen LogP contribution in [-0.4, -0.2) is 11.2 Å². The van der Waals surface area contributed by atoms with Gasteiger partial charge in [0.25, 0.3) is 0 Å². The van der Waals surface area contributed by atoms with Crippen LogP contribution in [0.2, 0.25) is 0 Å². The monoisotopic (exact) mass is 211 g/mol. The standard InChI is InChI=1S/C13H13N3/c1-3-5-8-15-13(10-14)9-12-7-6-11(4-2)16-12/h3-9,16H,2H2,1H3/b5-3-,13-9+,15-8-. The maximum Gasteiger partial charge on any atom is 0.142 e. The second-order valence-electron chi connectivity index (χ2n) is 3.02. The number of aliphatic imine (C=N–C) groups is 1. The number of nitriles is 1. The first-order chi connectivity index (χ1) is 7.80. The van der Waals surface area contributed by atoms with E-state index in [1.54, 1.807) is 24.4 Å². The Hall–Kier alpha value is -2.34. The van der Waals surface area contributed by atoms with Gasteiger partial charge in [-0.2, -0.15) is 5.26 Å². The van der Waals surface area contributed by atoms with E-state index in [-0.39, 0.29) is 0 Å². The smallest absolute Gasteiger partial charge is 0.142 e. The largest absolute Gasteiger partial charge is 0.355 e. The van der Waals surface area contributed by atoms with Gasteiger partial charge in [-0.15, -0.1) is 0 Å². The zero-order valence-corrected chi connectivity index (χ0v) is 9.14. The fourth-order valence-corrected chi connectivity index (χ4v) is 1.09. The first kappa shape index (κ1) is 11.7. The lowest BCUT2D eigenvalue weighted by Crippen LogP contribution is -1.77. The van der Waals surface area contributed by atoms with Crippen LogP contribution >= 0.6 is 0 Å². The van der Waals surface area contributed by atoms with Gasteiger partial charge in [0.15, 0.2) is 0 Å². The average molecular weight is 211 g/mol. The number of nitrogens with zero attached hydrogens (tertiary/aromatic N) is 2. The van der Waals surface area contributed by atoms with Gasteiger partial charge in [-0.05, 0) is 37.3 Å². The average Bonchev–Trinajstić information content (AvgIpc) is 2.75. The SMILES string of the molecule is C=Cc1ccc(/C=C(C#N)/N=C\C=C/C)[nH]1. The van der Waals surface area contributed by atoms with E-state index >= 15 is 0 Å². The van der Waals surface area contributed by atoms with Gasteiger partial charge in [0, 0.05) is 17.6 Å². The molecule has 1 N–H and O–H groups in total. The predicted molar refractivity (Wildman–Crippen MR) is 67.8 cm³/mol. The lowest BCUT2D eigenvalue weighted by Gasteiger charge is -1.88. The number of aromatic nitrogens is 1. The van der Waals surface area contributed by atoms with Gasteiger partial charge < -0.3 is 4.98 Å². The molecule has 0 radical (unpaired) electrons. The fourth-order valence-electron chi connectivity index (χ4n) is 1.09. The molecule has 0 bridgehead atoms. The maximum atomic E-state index is 8.86. The highest BCUT2D eigenvalue weighted by Gasteiger charge is 1.95. The number of hydrogen-bond donors (Lipinski definition) is 1. The van der Waals surface area contributed by atoms with Crippen LogP contribution in [0.5, 0.6) is 0 Å². The Labute approximate surface area is 95.1 Å². The summed E-state index contributed by atoms with van der Waals surface area (Å²) < 4.78 is 0. The van der Waals surface area contributed by atoms with Gasteiger partial charge >= 0.3 is 0 Å². The lowest BCUT2D eigenvalue weighted by atomic mass is 10.3. The molecule has 0 aliphatic rings. The van der Waals surface area contributed by atoms with Crippen molar-refractivity contribution < 1.29 is 0 Å². The zero-order chi connectivity index (χ0) is 11.8. The molecule has 0 spiro atoms. The number of rotatable bonds is 4. The van der Waals surface area contributed by atoms with Crippen LogP contribution in [-0.2, 0) is 0 Å². The van der Waals surface area contributed by atoms with Crippen molar-refractivity contribution >= 4 is 18.4 Å². The third kappa shape index (κ3) is 3.43. The van der Waals surface area contributed by atoms with Crippen LogP contribution in [0.25, 0.3) is 12.2 Å². The van der Waals surface area contributed by atoms with Gasteiger partial charge in [-0.3, -0.25) is 0 Å². The molecule has 0 amide bonds. The molecule has 0 fully saturated rings. The van der Waals surface area contributed by atoms with Crippen LogP contribution in [0.1, 0.15) is 18.3 Å². The topological polar surface area (TPSA) is 51.9 Å². The van der Waals surface area contributed by atoms with Crippen molar-refractivity contribution in [2.45, 2.75) is 6.92 Å². The number of aromatic amines is 1. The molecule has 1 aromatic rings. The van der Waals surface area contributed by atoms with Crippen LogP contribution in [0, 0.1) is 11.3 Å². The molecule has 16 heavy (non-hydrogen) atoms. The van der Waals surface area contributed by atoms with Gasteiger partial charge in [0.05, 0.1) is 0 Å². The Morgan fingerprint density at radius 3 is 2.81 bits per heavy atom. The quantitative estimate of drug-likeness (QED) is 0.603. The predicted octanol–water partition coefficient (Wildman–Crippen LogP) is 3.17. The summed E-state index contributed by atoms with van der Waals surface area (Å²) in [6.45, 7) is 5.54. The highest BCUT2D eigenvalue weighted by Crippen LogP contribution is 2.08. The Morgan fingerprint density at radius 1 is 1.50 bits per heavy atom. The second-order valence-corrected chi connectivity index (χ2v) is 3.02. The van der Waals surface area contributed by atoms with Crippen LogP contribution < -0.4 is 0 Å². The minimum Gasteiger partial charge on any atom is -0.355 e. The van der Waals surface area contributed by atoms with Crippen molar-refractivity contribution in [1.29, 1.82) is 5.26 Å². The number of allylic oxidation sites excluding steroid dienone is 3. The van der Waals surface area contributed by atoms with E-state index in [1.165, 1.54) is 0 Å². The third-order valence-corrected chi connectivity index (χ3v) is 1.85. The van der Waals surface area contributed by atoms with E-state index in [0.29, 0.717) is 5.70 Å². The second kappa shape index (κ2) is 6.20. The van der Waals surface area contributed by atoms with Crippen molar-refractivity contribution in [2.75, 3.05) is 0 Å². The Kier molecular flexibility index (Phi) is 4.55. The summed E-state index contributed by atoms with van der Waals surface area (Å²) in [6.07, 6.45) is 8.61. The van der Waals surface area contributed by atoms with Gasteiger partial charge in [-0.25, -0.2) is 4.99 Å². The van der Waals surface area contributed by atoms with E-state index in [2.05, 4.69) is 16.6 Å². The number of nitrogens with one attached hydrogen (secondary N) is 1. The summed E-state index contributed by atoms with van der Waals surface area (Å²) in [4.78, 5) is 7.09. The molecular formula is C13H13N3. The number of H-pyrrole nitrogens is 1. The van der Waals surface area contributed by atoms with E-state index in [0.717, 1.165) is 11.4 Å². The molecule has 3 nitrogen and oxygen atoms in total. The highest BCUT2D eigenvalue weighted by molar-refractivity contribution is 5.74. The molecule has 0 atom stereocenters. The minimum atomic E-state index is 0.357. The van der Waals surface area contributed by atoms with Crippen LogP contribution in [0.4, 0.5) is 0 Å². The van der Waals surface area contributed by atoms with Gasteiger partial charge in [0.2, 0.25) is 0 Å². The minimum absolute atomic E-state index is 0.357. The normalized spacial score (nSPS) is 12.1. The van der Waals surface area contributed by atoms with E-state index in [9.17, 15) is 0 Å². The molecule has 1 rings (SSSR count). The summed E-state index contributed by atoms with van der Waals surface area (Å²) in [6, 6.07) is 5.79. The van der Waals surface area contributed by atoms with Crippen LogP contribution in [0.3, 0.4) is 0 Å². The first-order valence-corrected chi connectivity index (χ1v) is 4.88. The van der Waals surface area contributed by atoms with E-state index in [4.69, 9.17) is 5.26 Å². The summed E-state index contributed by atoms with van der Waals surface area (Å²) in [5.41, 5.74) is 2.11. The van der Waals surface area contributed by atoms with Crippen molar-refractivity contribution in [3.05, 3.63) is 47.9 Å². The molecule has 3 heteroatoms. The van der Waals surface area contributed by atoms with Crippen LogP contribution in [0.15, 0.2) is 41.6 Å². The molecule has 1 heterocycles. The van der Waals surface area contributed by atoms with Crippen molar-refractivity contribution in [3.63, 3.8) is 0 Å². The van der Waals surface area contributed by atoms with Crippen molar-refractivity contribution in [2.24, 2.45) is 4.99 Å². The maximum absolute atomic E-state index is 8.86. The summed E-state index contributed by atoms with van der Waals surface area (Å²) in [5.74, 6) is 0. The van der Waals surface area contributed by atoms with E-state index < -0.39 is 0 Å². The summed E-state index contributed by atoms with van der Waals surface area (Å²) in [5, 5.41) is 8.86. The zero-order valence-electron chi connectivity index (χ0n) is 9.14. The third-order valence-electron chi connectivity index (χ3n) is 1.85. The Bertz CT molecular complexity index is 482. The lowest BCUT2D eigenvalue weighted by molar-refractivity contribution is 1.33. The Morgan fingerprint density at radius 2 is 2.25 bits per heavy atom. The molecule has 0 aliphatic carbocycles. The Balaban J connectivity index is 2.87. The molecule has 1 aromatic heterocycles.